The topological polar surface area (TPSA) is 46.5 Å². The van der Waals surface area contributed by atoms with Crippen LogP contribution in [0.5, 0.6) is 0 Å². The van der Waals surface area contributed by atoms with Crippen molar-refractivity contribution in [2.45, 2.75) is 65.8 Å². The van der Waals surface area contributed by atoms with Crippen LogP contribution < -0.4 is 0 Å². The summed E-state index contributed by atoms with van der Waals surface area (Å²) in [6.45, 7) is 15.8. The number of aliphatic hydroxyl groups is 1. The molecule has 0 radical (unpaired) electrons. The van der Waals surface area contributed by atoms with E-state index < -0.39 is 6.29 Å². The van der Waals surface area contributed by atoms with E-state index in [1.807, 2.05) is 39.0 Å². The summed E-state index contributed by atoms with van der Waals surface area (Å²) in [6, 6.07) is 0. The van der Waals surface area contributed by atoms with Crippen LogP contribution in [0.2, 0.25) is 0 Å². The number of hydrogen-bond acceptors (Lipinski definition) is 3. The summed E-state index contributed by atoms with van der Waals surface area (Å²) in [5, 5.41) is 10.1. The molecule has 1 rings (SSSR count). The van der Waals surface area contributed by atoms with Crippen LogP contribution in [-0.4, -0.2) is 23.3 Å². The van der Waals surface area contributed by atoms with Gasteiger partial charge in [-0.1, -0.05) is 69.4 Å². The molecule has 0 spiro atoms. The minimum atomic E-state index is -0.817. The van der Waals surface area contributed by atoms with Gasteiger partial charge < -0.3 is 9.84 Å². The van der Waals surface area contributed by atoms with Crippen LogP contribution in [0.3, 0.4) is 0 Å². The monoisotopic (exact) mass is 358 g/mol. The van der Waals surface area contributed by atoms with Gasteiger partial charge in [0, 0.05) is 17.4 Å². The van der Waals surface area contributed by atoms with E-state index in [9.17, 15) is 9.90 Å². The van der Waals surface area contributed by atoms with Gasteiger partial charge >= 0.3 is 0 Å². The molecule has 3 heteroatoms. The Morgan fingerprint density at radius 3 is 2.54 bits per heavy atom. The Labute approximate surface area is 158 Å². The van der Waals surface area contributed by atoms with Gasteiger partial charge in [-0.15, -0.1) is 0 Å². The van der Waals surface area contributed by atoms with E-state index in [0.717, 1.165) is 30.4 Å². The maximum atomic E-state index is 12.9. The number of aliphatic hydroxyl groups excluding tert-OH is 1. The van der Waals surface area contributed by atoms with Gasteiger partial charge in [-0.3, -0.25) is 4.79 Å². The number of carbonyl (C=O) groups excluding carboxylic acids is 1. The fourth-order valence-electron chi connectivity index (χ4n) is 2.88. The minimum absolute atomic E-state index is 0.0221. The fourth-order valence-corrected chi connectivity index (χ4v) is 2.88. The van der Waals surface area contributed by atoms with E-state index in [1.165, 1.54) is 0 Å². The molecule has 26 heavy (non-hydrogen) atoms. The standard InChI is InChI=1S/C23H34O3/c1-7-9-21(22(24)18(6)11-10-17(5)8-2)19-12-14-20(15-13-19)23(25)26-16(3)4/h10-14,16,20-21,23,25H,5-9,15H2,1-4H3/b11-10-. The SMILES string of the molecule is C=C(/C=C\C(=C)C(=O)C(CCC)C1=CCC(C(O)OC(C)C)C=C1)CC. The normalized spacial score (nSPS) is 19.5. The van der Waals surface area contributed by atoms with Gasteiger partial charge in [-0.05, 0) is 38.7 Å². The zero-order chi connectivity index (χ0) is 19.7. The highest BCUT2D eigenvalue weighted by Crippen LogP contribution is 2.29. The highest BCUT2D eigenvalue weighted by Gasteiger charge is 2.26. The molecule has 0 aromatic rings. The molecule has 3 atom stereocenters. The Hall–Kier alpha value is -1.71. The summed E-state index contributed by atoms with van der Waals surface area (Å²) < 4.78 is 5.46. The highest BCUT2D eigenvalue weighted by atomic mass is 16.6. The number of rotatable bonds is 11. The van der Waals surface area contributed by atoms with Gasteiger partial charge in [-0.25, -0.2) is 0 Å². The molecular weight excluding hydrogens is 324 g/mol. The lowest BCUT2D eigenvalue weighted by Gasteiger charge is -2.26. The Morgan fingerprint density at radius 2 is 2.04 bits per heavy atom. The Bertz CT molecular complexity index is 593. The summed E-state index contributed by atoms with van der Waals surface area (Å²) in [7, 11) is 0. The first-order valence-electron chi connectivity index (χ1n) is 9.60. The third-order valence-corrected chi connectivity index (χ3v) is 4.53. The Kier molecular flexibility index (Phi) is 9.53. The summed E-state index contributed by atoms with van der Waals surface area (Å²) in [5.74, 6) is -0.206. The molecule has 0 saturated carbocycles. The first kappa shape index (κ1) is 22.3. The van der Waals surface area contributed by atoms with E-state index in [4.69, 9.17) is 4.74 Å². The van der Waals surface area contributed by atoms with Crippen molar-refractivity contribution in [2.24, 2.45) is 11.8 Å². The lowest BCUT2D eigenvalue weighted by atomic mass is 9.82. The highest BCUT2D eigenvalue weighted by molar-refractivity contribution is 6.01. The minimum Gasteiger partial charge on any atom is -0.367 e. The van der Waals surface area contributed by atoms with Crippen molar-refractivity contribution in [1.29, 1.82) is 0 Å². The maximum Gasteiger partial charge on any atom is 0.169 e. The predicted octanol–water partition coefficient (Wildman–Crippen LogP) is 5.30. The molecule has 1 aliphatic rings. The second-order valence-corrected chi connectivity index (χ2v) is 7.11. The van der Waals surface area contributed by atoms with E-state index in [2.05, 4.69) is 26.2 Å². The molecule has 0 fully saturated rings. The molecule has 0 bridgehead atoms. The first-order chi connectivity index (χ1) is 12.3. The Balaban J connectivity index is 2.82. The molecule has 0 aromatic heterocycles. The zero-order valence-electron chi connectivity index (χ0n) is 16.7. The third-order valence-electron chi connectivity index (χ3n) is 4.53. The van der Waals surface area contributed by atoms with Crippen LogP contribution in [0.1, 0.15) is 53.4 Å². The molecule has 0 amide bonds. The van der Waals surface area contributed by atoms with E-state index in [1.54, 1.807) is 6.08 Å². The molecule has 0 saturated heterocycles. The molecule has 0 aliphatic heterocycles. The van der Waals surface area contributed by atoms with Gasteiger partial charge in [0.15, 0.2) is 12.1 Å². The maximum absolute atomic E-state index is 12.9. The summed E-state index contributed by atoms with van der Waals surface area (Å²) in [4.78, 5) is 12.9. The van der Waals surface area contributed by atoms with Crippen LogP contribution in [0.4, 0.5) is 0 Å². The molecule has 1 aliphatic carbocycles. The van der Waals surface area contributed by atoms with E-state index in [0.29, 0.717) is 12.0 Å². The fraction of sp³-hybridized carbons (Fsp3) is 0.522. The van der Waals surface area contributed by atoms with Gasteiger partial charge in [0.25, 0.3) is 0 Å². The number of hydrogen-bond donors (Lipinski definition) is 1. The van der Waals surface area contributed by atoms with Crippen molar-refractivity contribution in [3.05, 3.63) is 60.3 Å². The second kappa shape index (κ2) is 11.1. The van der Waals surface area contributed by atoms with Crippen LogP contribution in [0.25, 0.3) is 0 Å². The number of ketones is 1. The predicted molar refractivity (Wildman–Crippen MR) is 109 cm³/mol. The van der Waals surface area contributed by atoms with Crippen LogP contribution in [-0.2, 0) is 9.53 Å². The third kappa shape index (κ3) is 6.89. The van der Waals surface area contributed by atoms with Crippen LogP contribution in [0.15, 0.2) is 60.3 Å². The molecule has 1 N–H and O–H groups in total. The number of allylic oxidation sites excluding steroid dienone is 7. The molecule has 144 valence electrons. The van der Waals surface area contributed by atoms with Gasteiger partial charge in [0.1, 0.15) is 0 Å². The van der Waals surface area contributed by atoms with Crippen molar-refractivity contribution >= 4 is 5.78 Å². The van der Waals surface area contributed by atoms with Gasteiger partial charge in [0.2, 0.25) is 0 Å². The van der Waals surface area contributed by atoms with Gasteiger partial charge in [0.05, 0.1) is 6.10 Å². The average molecular weight is 359 g/mol. The zero-order valence-corrected chi connectivity index (χ0v) is 16.7. The molecular formula is C23H34O3. The van der Waals surface area contributed by atoms with Crippen molar-refractivity contribution in [1.82, 2.24) is 0 Å². The summed E-state index contributed by atoms with van der Waals surface area (Å²) >= 11 is 0. The first-order valence-corrected chi connectivity index (χ1v) is 9.60. The van der Waals surface area contributed by atoms with Gasteiger partial charge in [-0.2, -0.15) is 0 Å². The lowest BCUT2D eigenvalue weighted by Crippen LogP contribution is -2.27. The number of ether oxygens (including phenoxy) is 1. The van der Waals surface area contributed by atoms with Crippen molar-refractivity contribution in [3.8, 4) is 0 Å². The number of Topliss-reactive ketones (excluding diaryl/α,β-unsaturated/α-hetero) is 1. The number of carbonyl (C=O) groups is 1. The second-order valence-electron chi connectivity index (χ2n) is 7.11. The molecule has 3 nitrogen and oxygen atoms in total. The average Bonchev–Trinajstić information content (AvgIpc) is 2.62. The van der Waals surface area contributed by atoms with Crippen LogP contribution in [0, 0.1) is 11.8 Å². The van der Waals surface area contributed by atoms with Crippen molar-refractivity contribution < 1.29 is 14.6 Å². The Morgan fingerprint density at radius 1 is 1.35 bits per heavy atom. The molecule has 0 heterocycles. The van der Waals surface area contributed by atoms with Crippen molar-refractivity contribution in [3.63, 3.8) is 0 Å². The molecule has 3 unspecified atom stereocenters. The summed E-state index contributed by atoms with van der Waals surface area (Å²) in [6.07, 6.45) is 12.0. The van der Waals surface area contributed by atoms with Crippen LogP contribution >= 0.6 is 0 Å². The summed E-state index contributed by atoms with van der Waals surface area (Å²) in [5.41, 5.74) is 2.50. The van der Waals surface area contributed by atoms with Crippen molar-refractivity contribution in [2.75, 3.05) is 0 Å². The van der Waals surface area contributed by atoms with E-state index in [-0.39, 0.29) is 23.7 Å². The quantitative estimate of drug-likeness (QED) is 0.310. The largest absolute Gasteiger partial charge is 0.367 e. The molecule has 0 aromatic carbocycles. The van der Waals surface area contributed by atoms with E-state index >= 15 is 0 Å². The lowest BCUT2D eigenvalue weighted by molar-refractivity contribution is -0.146. The smallest absolute Gasteiger partial charge is 0.169 e.